The van der Waals surface area contributed by atoms with E-state index in [-0.39, 0.29) is 17.9 Å². The molecule has 1 saturated heterocycles. The van der Waals surface area contributed by atoms with Crippen molar-refractivity contribution in [3.63, 3.8) is 0 Å². The average molecular weight is 362 g/mol. The van der Waals surface area contributed by atoms with E-state index in [2.05, 4.69) is 38.1 Å². The van der Waals surface area contributed by atoms with Crippen LogP contribution in [0.4, 0.5) is 5.69 Å². The van der Waals surface area contributed by atoms with E-state index in [9.17, 15) is 9.59 Å². The number of carbonyl (C=O) groups excluding carboxylic acids is 2. The molecule has 2 aromatic carbocycles. The molecule has 1 fully saturated rings. The van der Waals surface area contributed by atoms with Crippen LogP contribution in [-0.4, -0.2) is 29.8 Å². The molecule has 1 atom stereocenters. The second-order valence-electron chi connectivity index (χ2n) is 7.84. The number of carbonyl (C=O) groups is 2. The SMILES string of the molecule is CC(C)C1c2ccccc2CCN1C(=O)c1cccc(N2CCCC2=O)c1. The van der Waals surface area contributed by atoms with Crippen molar-refractivity contribution in [3.8, 4) is 0 Å². The molecule has 2 aliphatic heterocycles. The summed E-state index contributed by atoms with van der Waals surface area (Å²) in [6.07, 6.45) is 2.36. The molecule has 0 bridgehead atoms. The molecule has 4 rings (SSSR count). The van der Waals surface area contributed by atoms with E-state index in [1.807, 2.05) is 29.2 Å². The maximum absolute atomic E-state index is 13.4. The normalized spacial score (nSPS) is 19.5. The van der Waals surface area contributed by atoms with Gasteiger partial charge in [0.15, 0.2) is 0 Å². The van der Waals surface area contributed by atoms with E-state index in [0.717, 1.165) is 31.6 Å². The Kier molecular flexibility index (Phi) is 4.73. The van der Waals surface area contributed by atoms with Gasteiger partial charge in [-0.2, -0.15) is 0 Å². The molecule has 27 heavy (non-hydrogen) atoms. The fourth-order valence-corrected chi connectivity index (χ4v) is 4.44. The van der Waals surface area contributed by atoms with Crippen molar-refractivity contribution in [2.45, 2.75) is 39.2 Å². The van der Waals surface area contributed by atoms with Crippen molar-refractivity contribution in [2.75, 3.05) is 18.0 Å². The summed E-state index contributed by atoms with van der Waals surface area (Å²) in [7, 11) is 0. The summed E-state index contributed by atoms with van der Waals surface area (Å²) in [5.74, 6) is 0.530. The Morgan fingerprint density at radius 1 is 1.04 bits per heavy atom. The highest BCUT2D eigenvalue weighted by atomic mass is 16.2. The molecule has 140 valence electrons. The highest BCUT2D eigenvalue weighted by Gasteiger charge is 2.33. The van der Waals surface area contributed by atoms with Crippen LogP contribution in [0.1, 0.15) is 54.2 Å². The first-order valence-corrected chi connectivity index (χ1v) is 9.85. The molecule has 2 amide bonds. The van der Waals surface area contributed by atoms with Crippen LogP contribution in [0.15, 0.2) is 48.5 Å². The van der Waals surface area contributed by atoms with Gasteiger partial charge in [0.1, 0.15) is 0 Å². The van der Waals surface area contributed by atoms with Gasteiger partial charge in [0.2, 0.25) is 5.91 Å². The maximum atomic E-state index is 13.4. The van der Waals surface area contributed by atoms with Crippen LogP contribution in [0.5, 0.6) is 0 Å². The number of rotatable bonds is 3. The third-order valence-corrected chi connectivity index (χ3v) is 5.70. The largest absolute Gasteiger partial charge is 0.331 e. The van der Waals surface area contributed by atoms with Crippen LogP contribution in [0, 0.1) is 5.92 Å². The Labute approximate surface area is 160 Å². The summed E-state index contributed by atoms with van der Waals surface area (Å²) < 4.78 is 0. The summed E-state index contributed by atoms with van der Waals surface area (Å²) in [6.45, 7) is 5.81. The summed E-state index contributed by atoms with van der Waals surface area (Å²) in [5.41, 5.74) is 4.11. The van der Waals surface area contributed by atoms with Crippen molar-refractivity contribution in [1.29, 1.82) is 0 Å². The summed E-state index contributed by atoms with van der Waals surface area (Å²) in [6, 6.07) is 16.1. The molecule has 2 heterocycles. The highest BCUT2D eigenvalue weighted by Crippen LogP contribution is 2.36. The number of benzene rings is 2. The lowest BCUT2D eigenvalue weighted by Crippen LogP contribution is -2.42. The van der Waals surface area contributed by atoms with E-state index in [1.54, 1.807) is 4.90 Å². The predicted octanol–water partition coefficient (Wildman–Crippen LogP) is 4.21. The quantitative estimate of drug-likeness (QED) is 0.821. The van der Waals surface area contributed by atoms with Crippen molar-refractivity contribution >= 4 is 17.5 Å². The predicted molar refractivity (Wildman–Crippen MR) is 107 cm³/mol. The van der Waals surface area contributed by atoms with Gasteiger partial charge in [-0.15, -0.1) is 0 Å². The van der Waals surface area contributed by atoms with Gasteiger partial charge < -0.3 is 9.80 Å². The van der Waals surface area contributed by atoms with Crippen molar-refractivity contribution in [1.82, 2.24) is 4.90 Å². The second kappa shape index (κ2) is 7.18. The van der Waals surface area contributed by atoms with Crippen LogP contribution in [0.2, 0.25) is 0 Å². The Morgan fingerprint density at radius 3 is 2.59 bits per heavy atom. The Balaban J connectivity index is 1.65. The van der Waals surface area contributed by atoms with Crippen molar-refractivity contribution in [2.24, 2.45) is 5.92 Å². The Hall–Kier alpha value is -2.62. The van der Waals surface area contributed by atoms with Gasteiger partial charge in [-0.3, -0.25) is 9.59 Å². The van der Waals surface area contributed by atoms with Gasteiger partial charge in [0.05, 0.1) is 6.04 Å². The first-order valence-electron chi connectivity index (χ1n) is 9.85. The van der Waals surface area contributed by atoms with Gasteiger partial charge >= 0.3 is 0 Å². The molecule has 2 aliphatic rings. The third-order valence-electron chi connectivity index (χ3n) is 5.70. The van der Waals surface area contributed by atoms with Gasteiger partial charge in [-0.05, 0) is 48.1 Å². The van der Waals surface area contributed by atoms with Crippen LogP contribution in [-0.2, 0) is 11.2 Å². The maximum Gasteiger partial charge on any atom is 0.254 e. The molecule has 0 aliphatic carbocycles. The molecule has 0 N–H and O–H groups in total. The van der Waals surface area contributed by atoms with Gasteiger partial charge in [0, 0.05) is 30.8 Å². The minimum Gasteiger partial charge on any atom is -0.331 e. The molecule has 0 aromatic heterocycles. The van der Waals surface area contributed by atoms with E-state index in [4.69, 9.17) is 0 Å². The summed E-state index contributed by atoms with van der Waals surface area (Å²) >= 11 is 0. The topological polar surface area (TPSA) is 40.6 Å². The molecule has 4 nitrogen and oxygen atoms in total. The average Bonchev–Trinajstić information content (AvgIpc) is 3.12. The Bertz CT molecular complexity index is 874. The zero-order valence-corrected chi connectivity index (χ0v) is 16.0. The molecule has 0 spiro atoms. The molecular weight excluding hydrogens is 336 g/mol. The van der Waals surface area contributed by atoms with E-state index in [0.29, 0.717) is 17.9 Å². The number of anilines is 1. The van der Waals surface area contributed by atoms with Gasteiger partial charge in [-0.1, -0.05) is 44.2 Å². The first kappa shape index (κ1) is 17.8. The van der Waals surface area contributed by atoms with Gasteiger partial charge in [0.25, 0.3) is 5.91 Å². The van der Waals surface area contributed by atoms with E-state index in [1.165, 1.54) is 11.1 Å². The number of hydrogen-bond acceptors (Lipinski definition) is 2. The monoisotopic (exact) mass is 362 g/mol. The lowest BCUT2D eigenvalue weighted by molar-refractivity contribution is -0.117. The minimum absolute atomic E-state index is 0.0525. The Morgan fingerprint density at radius 2 is 1.85 bits per heavy atom. The van der Waals surface area contributed by atoms with Crippen LogP contribution >= 0.6 is 0 Å². The van der Waals surface area contributed by atoms with Crippen LogP contribution in [0.3, 0.4) is 0 Å². The zero-order valence-electron chi connectivity index (χ0n) is 16.0. The third kappa shape index (κ3) is 3.25. The number of hydrogen-bond donors (Lipinski definition) is 0. The molecule has 0 saturated carbocycles. The molecule has 2 aromatic rings. The number of nitrogens with zero attached hydrogens (tertiary/aromatic N) is 2. The summed E-state index contributed by atoms with van der Waals surface area (Å²) in [5, 5.41) is 0. The first-order chi connectivity index (χ1) is 13.1. The lowest BCUT2D eigenvalue weighted by Gasteiger charge is -2.40. The van der Waals surface area contributed by atoms with Crippen LogP contribution in [0.25, 0.3) is 0 Å². The van der Waals surface area contributed by atoms with Gasteiger partial charge in [-0.25, -0.2) is 0 Å². The molecule has 4 heteroatoms. The second-order valence-corrected chi connectivity index (χ2v) is 7.84. The minimum atomic E-state index is 0.0525. The standard InChI is InChI=1S/C23H26N2O2/c1-16(2)22-20-10-4-3-7-17(20)12-14-25(22)23(27)18-8-5-9-19(15-18)24-13-6-11-21(24)26/h3-5,7-10,15-16,22H,6,11-14H2,1-2H3. The number of amides is 2. The molecule has 1 unspecified atom stereocenters. The molecular formula is C23H26N2O2. The summed E-state index contributed by atoms with van der Waals surface area (Å²) in [4.78, 5) is 29.3. The smallest absolute Gasteiger partial charge is 0.254 e. The van der Waals surface area contributed by atoms with Crippen molar-refractivity contribution in [3.05, 3.63) is 65.2 Å². The van der Waals surface area contributed by atoms with Crippen molar-refractivity contribution < 1.29 is 9.59 Å². The highest BCUT2D eigenvalue weighted by molar-refractivity contribution is 5.99. The van der Waals surface area contributed by atoms with E-state index < -0.39 is 0 Å². The zero-order chi connectivity index (χ0) is 19.0. The fraction of sp³-hybridized carbons (Fsp3) is 0.391. The lowest BCUT2D eigenvalue weighted by atomic mass is 9.86. The number of fused-ring (bicyclic) bond motifs is 1. The van der Waals surface area contributed by atoms with Crippen LogP contribution < -0.4 is 4.90 Å². The molecule has 0 radical (unpaired) electrons. The fourth-order valence-electron chi connectivity index (χ4n) is 4.44. The van der Waals surface area contributed by atoms with E-state index >= 15 is 0 Å².